The van der Waals surface area contributed by atoms with E-state index in [4.69, 9.17) is 0 Å². The number of hydrogen-bond acceptors (Lipinski definition) is 2. The second kappa shape index (κ2) is 5.87. The third-order valence-corrected chi connectivity index (χ3v) is 3.45. The molecule has 2 unspecified atom stereocenters. The van der Waals surface area contributed by atoms with Crippen LogP contribution in [0.2, 0.25) is 0 Å². The molecule has 2 amide bonds. The normalized spacial score (nSPS) is 23.4. The quantitative estimate of drug-likeness (QED) is 0.898. The molecule has 1 aromatic rings. The Labute approximate surface area is 113 Å². The first-order valence-electron chi connectivity index (χ1n) is 6.84. The molecule has 1 saturated heterocycles. The first-order valence-corrected chi connectivity index (χ1v) is 6.84. The molecule has 0 radical (unpaired) electrons. The van der Waals surface area contributed by atoms with Gasteiger partial charge in [0.1, 0.15) is 12.1 Å². The molecule has 2 atom stereocenters. The van der Waals surface area contributed by atoms with Crippen LogP contribution in [0.25, 0.3) is 0 Å². The summed E-state index contributed by atoms with van der Waals surface area (Å²) in [6, 6.07) is 8.62. The minimum absolute atomic E-state index is 0.0257. The molecule has 102 valence electrons. The van der Waals surface area contributed by atoms with E-state index in [0.717, 1.165) is 12.0 Å². The second-order valence-corrected chi connectivity index (χ2v) is 4.81. The maximum Gasteiger partial charge on any atom is 0.248 e. The fourth-order valence-electron chi connectivity index (χ4n) is 2.50. The Morgan fingerprint density at radius 3 is 2.42 bits per heavy atom. The molecule has 1 aromatic carbocycles. The molecule has 1 aliphatic heterocycles. The van der Waals surface area contributed by atoms with E-state index in [2.05, 4.69) is 5.32 Å². The van der Waals surface area contributed by atoms with E-state index in [1.54, 1.807) is 4.90 Å². The molecule has 0 saturated carbocycles. The molecule has 2 rings (SSSR count). The zero-order valence-electron chi connectivity index (χ0n) is 11.4. The summed E-state index contributed by atoms with van der Waals surface area (Å²) in [6.45, 7) is 4.54. The van der Waals surface area contributed by atoms with Crippen LogP contribution in [0.5, 0.6) is 0 Å². The van der Waals surface area contributed by atoms with Crippen molar-refractivity contribution in [1.29, 1.82) is 0 Å². The van der Waals surface area contributed by atoms with Crippen molar-refractivity contribution in [3.05, 3.63) is 35.9 Å². The smallest absolute Gasteiger partial charge is 0.248 e. The number of hydrogen-bond donors (Lipinski definition) is 1. The number of carbonyl (C=O) groups excluding carboxylic acids is 2. The van der Waals surface area contributed by atoms with E-state index in [1.165, 1.54) is 0 Å². The predicted octanol–water partition coefficient (Wildman–Crippen LogP) is 1.87. The van der Waals surface area contributed by atoms with Crippen LogP contribution in [0, 0.1) is 0 Å². The number of amides is 2. The Balaban J connectivity index is 2.34. The molecular formula is C15H20N2O2. The molecule has 1 aliphatic rings. The van der Waals surface area contributed by atoms with Gasteiger partial charge in [-0.15, -0.1) is 0 Å². The molecule has 0 bridgehead atoms. The summed E-state index contributed by atoms with van der Waals surface area (Å²) in [6.07, 6.45) is 1.48. The second-order valence-electron chi connectivity index (χ2n) is 4.81. The van der Waals surface area contributed by atoms with Crippen LogP contribution in [0.3, 0.4) is 0 Å². The average molecular weight is 260 g/mol. The highest BCUT2D eigenvalue weighted by Crippen LogP contribution is 2.26. The van der Waals surface area contributed by atoms with Gasteiger partial charge in [0, 0.05) is 6.54 Å². The average Bonchev–Trinajstić information content (AvgIpc) is 2.44. The third kappa shape index (κ3) is 2.62. The summed E-state index contributed by atoms with van der Waals surface area (Å²) in [5, 5.41) is 2.82. The summed E-state index contributed by atoms with van der Waals surface area (Å²) >= 11 is 0. The van der Waals surface area contributed by atoms with Gasteiger partial charge in [0.25, 0.3) is 0 Å². The summed E-state index contributed by atoms with van der Waals surface area (Å²) in [5.41, 5.74) is 0.872. The van der Waals surface area contributed by atoms with Gasteiger partial charge in [0.05, 0.1) is 0 Å². The summed E-state index contributed by atoms with van der Waals surface area (Å²) in [5.74, 6) is -0.0519. The summed E-state index contributed by atoms with van der Waals surface area (Å²) < 4.78 is 0. The largest absolute Gasteiger partial charge is 0.342 e. The number of nitrogens with one attached hydrogen (secondary N) is 1. The van der Waals surface area contributed by atoms with Crippen LogP contribution in [0.15, 0.2) is 30.3 Å². The van der Waals surface area contributed by atoms with Crippen LogP contribution < -0.4 is 5.32 Å². The Kier molecular flexibility index (Phi) is 4.20. The fraction of sp³-hybridized carbons (Fsp3) is 0.467. The summed E-state index contributed by atoms with van der Waals surface area (Å²) in [7, 11) is 0. The first-order chi connectivity index (χ1) is 9.19. The van der Waals surface area contributed by atoms with Crippen molar-refractivity contribution >= 4 is 11.8 Å². The molecule has 0 spiro atoms. The van der Waals surface area contributed by atoms with Gasteiger partial charge in [-0.05, 0) is 18.4 Å². The SMILES string of the molecule is CCCN1C(=O)C(CC)NC(=O)C1c1ccccc1. The van der Waals surface area contributed by atoms with Crippen molar-refractivity contribution in [2.45, 2.75) is 38.8 Å². The fourth-order valence-corrected chi connectivity index (χ4v) is 2.50. The van der Waals surface area contributed by atoms with E-state index >= 15 is 0 Å². The Morgan fingerprint density at radius 1 is 1.16 bits per heavy atom. The van der Waals surface area contributed by atoms with Gasteiger partial charge in [-0.1, -0.05) is 44.2 Å². The lowest BCUT2D eigenvalue weighted by molar-refractivity contribution is -0.149. The summed E-state index contributed by atoms with van der Waals surface area (Å²) in [4.78, 5) is 26.4. The molecule has 4 nitrogen and oxygen atoms in total. The van der Waals surface area contributed by atoms with Crippen molar-refractivity contribution in [3.8, 4) is 0 Å². The van der Waals surface area contributed by atoms with Crippen LogP contribution in [-0.4, -0.2) is 29.3 Å². The molecule has 0 aliphatic carbocycles. The van der Waals surface area contributed by atoms with Crippen molar-refractivity contribution in [2.24, 2.45) is 0 Å². The Bertz CT molecular complexity index is 458. The van der Waals surface area contributed by atoms with Crippen molar-refractivity contribution < 1.29 is 9.59 Å². The van der Waals surface area contributed by atoms with E-state index in [9.17, 15) is 9.59 Å². The Hall–Kier alpha value is -1.84. The minimum Gasteiger partial charge on any atom is -0.342 e. The molecule has 0 aromatic heterocycles. The van der Waals surface area contributed by atoms with Crippen LogP contribution >= 0.6 is 0 Å². The third-order valence-electron chi connectivity index (χ3n) is 3.45. The molecule has 1 heterocycles. The predicted molar refractivity (Wildman–Crippen MR) is 73.4 cm³/mol. The van der Waals surface area contributed by atoms with E-state index in [1.807, 2.05) is 44.2 Å². The first kappa shape index (κ1) is 13.6. The number of rotatable bonds is 4. The topological polar surface area (TPSA) is 49.4 Å². The van der Waals surface area contributed by atoms with Gasteiger partial charge in [-0.25, -0.2) is 0 Å². The zero-order valence-corrected chi connectivity index (χ0v) is 11.4. The molecule has 19 heavy (non-hydrogen) atoms. The molecular weight excluding hydrogens is 240 g/mol. The maximum absolute atomic E-state index is 12.4. The van der Waals surface area contributed by atoms with E-state index in [0.29, 0.717) is 13.0 Å². The van der Waals surface area contributed by atoms with Gasteiger partial charge in [-0.2, -0.15) is 0 Å². The molecule has 1 fully saturated rings. The number of nitrogens with zero attached hydrogens (tertiary/aromatic N) is 1. The highest BCUT2D eigenvalue weighted by Gasteiger charge is 2.39. The lowest BCUT2D eigenvalue weighted by Gasteiger charge is -2.38. The maximum atomic E-state index is 12.4. The monoisotopic (exact) mass is 260 g/mol. The Morgan fingerprint density at radius 2 is 1.84 bits per heavy atom. The molecule has 1 N–H and O–H groups in total. The lowest BCUT2D eigenvalue weighted by atomic mass is 9.98. The number of piperazine rings is 1. The number of carbonyl (C=O) groups is 2. The van der Waals surface area contributed by atoms with E-state index < -0.39 is 6.04 Å². The minimum atomic E-state index is -0.489. The molecule has 4 heteroatoms. The standard InChI is InChI=1S/C15H20N2O2/c1-3-10-17-13(11-8-6-5-7-9-11)14(18)16-12(4-2)15(17)19/h5-9,12-13H,3-4,10H2,1-2H3,(H,16,18). The van der Waals surface area contributed by atoms with Gasteiger partial charge in [0.15, 0.2) is 0 Å². The van der Waals surface area contributed by atoms with Crippen LogP contribution in [0.4, 0.5) is 0 Å². The lowest BCUT2D eigenvalue weighted by Crippen LogP contribution is -2.59. The van der Waals surface area contributed by atoms with Crippen molar-refractivity contribution in [3.63, 3.8) is 0 Å². The van der Waals surface area contributed by atoms with Gasteiger partial charge < -0.3 is 10.2 Å². The number of benzene rings is 1. The highest BCUT2D eigenvalue weighted by atomic mass is 16.2. The zero-order chi connectivity index (χ0) is 13.8. The van der Waals surface area contributed by atoms with Gasteiger partial charge in [0.2, 0.25) is 11.8 Å². The van der Waals surface area contributed by atoms with Crippen molar-refractivity contribution in [1.82, 2.24) is 10.2 Å². The van der Waals surface area contributed by atoms with Crippen molar-refractivity contribution in [2.75, 3.05) is 6.54 Å². The van der Waals surface area contributed by atoms with Gasteiger partial charge >= 0.3 is 0 Å². The van der Waals surface area contributed by atoms with Crippen LogP contribution in [0.1, 0.15) is 38.3 Å². The van der Waals surface area contributed by atoms with Gasteiger partial charge in [-0.3, -0.25) is 9.59 Å². The van der Waals surface area contributed by atoms with Crippen LogP contribution in [-0.2, 0) is 9.59 Å². The van der Waals surface area contributed by atoms with E-state index in [-0.39, 0.29) is 17.9 Å². The highest BCUT2D eigenvalue weighted by molar-refractivity contribution is 5.97.